The lowest BCUT2D eigenvalue weighted by molar-refractivity contribution is -0.207. The van der Waals surface area contributed by atoms with Gasteiger partial charge in [0.1, 0.15) is 0 Å². The number of hydrogen-bond donors (Lipinski definition) is 2. The Morgan fingerprint density at radius 2 is 2.13 bits per heavy atom. The molecule has 0 amide bonds. The molecule has 15 heavy (non-hydrogen) atoms. The number of carboxylic acids is 1. The second-order valence-electron chi connectivity index (χ2n) is 3.19. The van der Waals surface area contributed by atoms with Gasteiger partial charge in [-0.25, -0.2) is 4.79 Å². The predicted octanol–water partition coefficient (Wildman–Crippen LogP) is 1.01. The summed E-state index contributed by atoms with van der Waals surface area (Å²) in [6, 6.07) is 2.52. The van der Waals surface area contributed by atoms with Gasteiger partial charge in [-0.3, -0.25) is 4.98 Å². The van der Waals surface area contributed by atoms with Crippen LogP contribution in [0.2, 0.25) is 0 Å². The molecule has 0 aliphatic heterocycles. The third kappa shape index (κ3) is 1.80. The molecule has 4 nitrogen and oxygen atoms in total. The van der Waals surface area contributed by atoms with Crippen molar-refractivity contribution in [1.82, 2.24) is 4.98 Å². The fraction of sp³-hybridized carbons (Fsp3) is 0.333. The predicted molar refractivity (Wildman–Crippen MR) is 46.4 cm³/mol. The lowest BCUT2D eigenvalue weighted by Gasteiger charge is -2.29. The highest BCUT2D eigenvalue weighted by Gasteiger charge is 2.57. The van der Waals surface area contributed by atoms with Crippen molar-refractivity contribution in [3.63, 3.8) is 0 Å². The number of aromatic nitrogens is 1. The largest absolute Gasteiger partial charge is 0.477 e. The monoisotopic (exact) mass is 217 g/mol. The fourth-order valence-electron chi connectivity index (χ4n) is 1.04. The third-order valence-electron chi connectivity index (χ3n) is 2.10. The van der Waals surface area contributed by atoms with E-state index in [9.17, 15) is 18.7 Å². The number of rotatable bonds is 3. The van der Waals surface area contributed by atoms with Crippen molar-refractivity contribution in [3.8, 4) is 0 Å². The molecule has 1 rings (SSSR count). The van der Waals surface area contributed by atoms with Crippen molar-refractivity contribution in [3.05, 3.63) is 30.1 Å². The summed E-state index contributed by atoms with van der Waals surface area (Å²) in [5, 5.41) is 17.8. The van der Waals surface area contributed by atoms with E-state index in [1.807, 2.05) is 0 Å². The first-order valence-corrected chi connectivity index (χ1v) is 4.04. The van der Waals surface area contributed by atoms with Gasteiger partial charge in [-0.2, -0.15) is 8.78 Å². The van der Waals surface area contributed by atoms with Crippen molar-refractivity contribution >= 4 is 5.97 Å². The molecule has 1 unspecified atom stereocenters. The summed E-state index contributed by atoms with van der Waals surface area (Å²) in [6.07, 6.45) is 2.33. The van der Waals surface area contributed by atoms with Crippen molar-refractivity contribution in [2.75, 3.05) is 0 Å². The average molecular weight is 217 g/mol. The van der Waals surface area contributed by atoms with Gasteiger partial charge in [0.05, 0.1) is 0 Å². The molecule has 0 aromatic carbocycles. The Kier molecular flexibility index (Phi) is 2.72. The first-order chi connectivity index (χ1) is 6.80. The Morgan fingerprint density at radius 1 is 1.53 bits per heavy atom. The zero-order chi connectivity index (χ0) is 11.7. The molecule has 0 fully saturated rings. The average Bonchev–Trinajstić information content (AvgIpc) is 2.18. The molecule has 0 aliphatic rings. The zero-order valence-corrected chi connectivity index (χ0v) is 7.82. The Hall–Kier alpha value is -1.56. The van der Waals surface area contributed by atoms with Gasteiger partial charge in [-0.1, -0.05) is 6.07 Å². The highest BCUT2D eigenvalue weighted by atomic mass is 19.3. The van der Waals surface area contributed by atoms with E-state index >= 15 is 0 Å². The van der Waals surface area contributed by atoms with Crippen LogP contribution >= 0.6 is 0 Å². The molecule has 1 atom stereocenters. The molecule has 2 N–H and O–H groups in total. The lowest BCUT2D eigenvalue weighted by Crippen LogP contribution is -2.48. The summed E-state index contributed by atoms with van der Waals surface area (Å²) in [7, 11) is 0. The highest BCUT2D eigenvalue weighted by Crippen LogP contribution is 2.37. The molecule has 1 aromatic rings. The van der Waals surface area contributed by atoms with Gasteiger partial charge in [0.2, 0.25) is 0 Å². The number of hydrogen-bond acceptors (Lipinski definition) is 3. The van der Waals surface area contributed by atoms with Gasteiger partial charge in [-0.05, 0) is 13.0 Å². The molecule has 0 saturated carbocycles. The van der Waals surface area contributed by atoms with Gasteiger partial charge in [0, 0.05) is 18.0 Å². The van der Waals surface area contributed by atoms with Gasteiger partial charge < -0.3 is 10.2 Å². The van der Waals surface area contributed by atoms with E-state index < -0.39 is 17.5 Å². The molecular weight excluding hydrogens is 208 g/mol. The summed E-state index contributed by atoms with van der Waals surface area (Å²) >= 11 is 0. The summed E-state index contributed by atoms with van der Waals surface area (Å²) in [4.78, 5) is 13.8. The summed E-state index contributed by atoms with van der Waals surface area (Å²) in [5.74, 6) is -6.65. The van der Waals surface area contributed by atoms with Gasteiger partial charge >= 0.3 is 11.9 Å². The maximum Gasteiger partial charge on any atom is 0.378 e. The van der Waals surface area contributed by atoms with Gasteiger partial charge in [0.15, 0.2) is 5.60 Å². The van der Waals surface area contributed by atoms with Crippen LogP contribution in [0.3, 0.4) is 0 Å². The second-order valence-corrected chi connectivity index (χ2v) is 3.19. The number of carbonyl (C=O) groups is 1. The van der Waals surface area contributed by atoms with Crippen LogP contribution in [0.5, 0.6) is 0 Å². The minimum Gasteiger partial charge on any atom is -0.477 e. The van der Waals surface area contributed by atoms with E-state index in [1.165, 1.54) is 18.3 Å². The molecular formula is C9H9F2NO3. The maximum atomic E-state index is 13.1. The molecule has 0 saturated heterocycles. The number of pyridine rings is 1. The van der Waals surface area contributed by atoms with Crippen LogP contribution in [-0.4, -0.2) is 27.1 Å². The summed E-state index contributed by atoms with van der Waals surface area (Å²) in [5.41, 5.74) is -3.04. The van der Waals surface area contributed by atoms with E-state index in [0.717, 1.165) is 13.1 Å². The first-order valence-electron chi connectivity index (χ1n) is 4.04. The Bertz CT molecular complexity index is 365. The first kappa shape index (κ1) is 11.5. The maximum absolute atomic E-state index is 13.1. The molecule has 82 valence electrons. The highest BCUT2D eigenvalue weighted by molar-refractivity contribution is 5.77. The van der Waals surface area contributed by atoms with Gasteiger partial charge in [-0.15, -0.1) is 0 Å². The summed E-state index contributed by atoms with van der Waals surface area (Å²) < 4.78 is 26.3. The molecule has 0 bridgehead atoms. The quantitative estimate of drug-likeness (QED) is 0.792. The SMILES string of the molecule is CC(O)(c1cccnc1)C(F)(F)C(=O)O. The van der Waals surface area contributed by atoms with Crippen LogP contribution < -0.4 is 0 Å². The van der Waals surface area contributed by atoms with E-state index in [1.54, 1.807) is 0 Å². The lowest BCUT2D eigenvalue weighted by atomic mass is 9.90. The summed E-state index contributed by atoms with van der Waals surface area (Å²) in [6.45, 7) is 0.734. The van der Waals surface area contributed by atoms with Crippen LogP contribution in [0.25, 0.3) is 0 Å². The van der Waals surface area contributed by atoms with Crippen molar-refractivity contribution in [2.45, 2.75) is 18.4 Å². The standard InChI is InChI=1S/C9H9F2NO3/c1-8(15,9(10,11)7(13)14)6-3-2-4-12-5-6/h2-5,15H,1H3,(H,13,14). The third-order valence-corrected chi connectivity index (χ3v) is 2.10. The van der Waals surface area contributed by atoms with Crippen LogP contribution in [0, 0.1) is 0 Å². The van der Waals surface area contributed by atoms with Crippen LogP contribution in [0.15, 0.2) is 24.5 Å². The van der Waals surface area contributed by atoms with E-state index in [2.05, 4.69) is 4.98 Å². The van der Waals surface area contributed by atoms with Gasteiger partial charge in [0.25, 0.3) is 0 Å². The van der Waals surface area contributed by atoms with Crippen molar-refractivity contribution in [2.24, 2.45) is 0 Å². The molecule has 1 heterocycles. The topological polar surface area (TPSA) is 70.4 Å². The minimum atomic E-state index is -4.27. The van der Waals surface area contributed by atoms with E-state index in [4.69, 9.17) is 5.11 Å². The van der Waals surface area contributed by atoms with E-state index in [-0.39, 0.29) is 5.56 Å². The van der Waals surface area contributed by atoms with Crippen molar-refractivity contribution < 1.29 is 23.8 Å². The van der Waals surface area contributed by atoms with Crippen LogP contribution in [0.4, 0.5) is 8.78 Å². The van der Waals surface area contributed by atoms with E-state index in [0.29, 0.717) is 0 Å². The molecule has 0 spiro atoms. The Labute approximate surface area is 84.2 Å². The number of carboxylic acid groups (broad SMARTS) is 1. The Morgan fingerprint density at radius 3 is 2.53 bits per heavy atom. The zero-order valence-electron chi connectivity index (χ0n) is 7.82. The minimum absolute atomic E-state index is 0.252. The number of nitrogens with zero attached hydrogens (tertiary/aromatic N) is 1. The van der Waals surface area contributed by atoms with Crippen molar-refractivity contribution in [1.29, 1.82) is 0 Å². The molecule has 1 aromatic heterocycles. The number of aliphatic carboxylic acids is 1. The number of halogens is 2. The number of alkyl halides is 2. The number of aliphatic hydroxyl groups is 1. The Balaban J connectivity index is 3.19. The van der Waals surface area contributed by atoms with Crippen LogP contribution in [-0.2, 0) is 10.4 Å². The molecule has 0 aliphatic carbocycles. The molecule has 6 heteroatoms. The van der Waals surface area contributed by atoms with Crippen LogP contribution in [0.1, 0.15) is 12.5 Å². The second kappa shape index (κ2) is 3.54. The smallest absolute Gasteiger partial charge is 0.378 e. The normalized spacial score (nSPS) is 15.7. The fourth-order valence-corrected chi connectivity index (χ4v) is 1.04. The molecule has 0 radical (unpaired) electrons.